The van der Waals surface area contributed by atoms with Gasteiger partial charge in [-0.05, 0) is 43.9 Å². The van der Waals surface area contributed by atoms with Crippen molar-refractivity contribution in [1.82, 2.24) is 0 Å². The van der Waals surface area contributed by atoms with Crippen molar-refractivity contribution in [3.63, 3.8) is 0 Å². The topological polar surface area (TPSA) is 38.7 Å². The SMILES string of the molecule is COc1ccc(CCC(O)CC(C)OC)cc1. The van der Waals surface area contributed by atoms with Gasteiger partial charge in [-0.3, -0.25) is 0 Å². The van der Waals surface area contributed by atoms with Crippen molar-refractivity contribution >= 4 is 0 Å². The average Bonchev–Trinajstić information content (AvgIpc) is 2.36. The van der Waals surface area contributed by atoms with E-state index < -0.39 is 0 Å². The Balaban J connectivity index is 2.34. The van der Waals surface area contributed by atoms with Crippen LogP contribution in [-0.2, 0) is 11.2 Å². The standard InChI is InChI=1S/C14H22O3/c1-11(16-2)10-13(15)7-4-12-5-8-14(17-3)9-6-12/h5-6,8-9,11,13,15H,4,7,10H2,1-3H3. The lowest BCUT2D eigenvalue weighted by Crippen LogP contribution is -2.17. The number of aryl methyl sites for hydroxylation is 1. The van der Waals surface area contributed by atoms with Crippen molar-refractivity contribution in [2.75, 3.05) is 14.2 Å². The molecule has 3 nitrogen and oxygen atoms in total. The smallest absolute Gasteiger partial charge is 0.118 e. The molecule has 0 bridgehead atoms. The summed E-state index contributed by atoms with van der Waals surface area (Å²) in [5.41, 5.74) is 1.22. The van der Waals surface area contributed by atoms with Crippen molar-refractivity contribution < 1.29 is 14.6 Å². The number of benzene rings is 1. The number of rotatable bonds is 7. The van der Waals surface area contributed by atoms with Gasteiger partial charge in [0.05, 0.1) is 19.3 Å². The molecular formula is C14H22O3. The molecule has 0 aromatic heterocycles. The van der Waals surface area contributed by atoms with E-state index in [1.54, 1.807) is 14.2 Å². The zero-order valence-corrected chi connectivity index (χ0v) is 10.8. The first-order valence-corrected chi connectivity index (χ1v) is 5.99. The second kappa shape index (κ2) is 7.30. The summed E-state index contributed by atoms with van der Waals surface area (Å²) in [4.78, 5) is 0. The normalized spacial score (nSPS) is 14.4. The van der Waals surface area contributed by atoms with Crippen LogP contribution in [0.15, 0.2) is 24.3 Å². The molecule has 2 unspecified atom stereocenters. The minimum absolute atomic E-state index is 0.112. The Morgan fingerprint density at radius 1 is 1.18 bits per heavy atom. The number of methoxy groups -OCH3 is 2. The molecule has 0 radical (unpaired) electrons. The first kappa shape index (κ1) is 14.0. The molecule has 17 heavy (non-hydrogen) atoms. The number of hydrogen-bond donors (Lipinski definition) is 1. The van der Waals surface area contributed by atoms with E-state index in [0.29, 0.717) is 6.42 Å². The molecule has 1 N–H and O–H groups in total. The lowest BCUT2D eigenvalue weighted by Gasteiger charge is -2.15. The lowest BCUT2D eigenvalue weighted by molar-refractivity contribution is 0.0530. The highest BCUT2D eigenvalue weighted by Gasteiger charge is 2.09. The van der Waals surface area contributed by atoms with Crippen LogP contribution in [0.2, 0.25) is 0 Å². The maximum atomic E-state index is 9.81. The Morgan fingerprint density at radius 2 is 1.82 bits per heavy atom. The molecule has 96 valence electrons. The first-order chi connectivity index (χ1) is 8.15. The second-order valence-corrected chi connectivity index (χ2v) is 4.32. The average molecular weight is 238 g/mol. The molecular weight excluding hydrogens is 216 g/mol. The summed E-state index contributed by atoms with van der Waals surface area (Å²) >= 11 is 0. The molecule has 0 aliphatic heterocycles. The maximum absolute atomic E-state index is 9.81. The number of aliphatic hydroxyl groups excluding tert-OH is 1. The zero-order valence-electron chi connectivity index (χ0n) is 10.8. The molecule has 0 saturated carbocycles. The largest absolute Gasteiger partial charge is 0.497 e. The maximum Gasteiger partial charge on any atom is 0.118 e. The van der Waals surface area contributed by atoms with Gasteiger partial charge in [-0.1, -0.05) is 12.1 Å². The van der Waals surface area contributed by atoms with Gasteiger partial charge in [-0.2, -0.15) is 0 Å². The predicted octanol–water partition coefficient (Wildman–Crippen LogP) is 2.41. The van der Waals surface area contributed by atoms with Crippen LogP contribution in [0.1, 0.15) is 25.3 Å². The fourth-order valence-corrected chi connectivity index (χ4v) is 1.72. The molecule has 1 aromatic rings. The molecule has 0 aliphatic carbocycles. The highest BCUT2D eigenvalue weighted by atomic mass is 16.5. The van der Waals surface area contributed by atoms with Gasteiger partial charge in [0.25, 0.3) is 0 Å². The third-order valence-electron chi connectivity index (χ3n) is 2.93. The van der Waals surface area contributed by atoms with Crippen molar-refractivity contribution in [2.45, 2.75) is 38.4 Å². The molecule has 2 atom stereocenters. The predicted molar refractivity (Wildman–Crippen MR) is 68.4 cm³/mol. The summed E-state index contributed by atoms with van der Waals surface area (Å²) in [6.45, 7) is 1.97. The van der Waals surface area contributed by atoms with Gasteiger partial charge >= 0.3 is 0 Å². The van der Waals surface area contributed by atoms with Gasteiger partial charge in [-0.15, -0.1) is 0 Å². The Bertz CT molecular complexity index is 308. The summed E-state index contributed by atoms with van der Waals surface area (Å²) in [6, 6.07) is 7.95. The molecule has 0 amide bonds. The van der Waals surface area contributed by atoms with Crippen LogP contribution in [0.25, 0.3) is 0 Å². The van der Waals surface area contributed by atoms with Crippen LogP contribution in [0.4, 0.5) is 0 Å². The summed E-state index contributed by atoms with van der Waals surface area (Å²) in [7, 11) is 3.33. The van der Waals surface area contributed by atoms with Gasteiger partial charge in [0.2, 0.25) is 0 Å². The third-order valence-corrected chi connectivity index (χ3v) is 2.93. The molecule has 1 aromatic carbocycles. The van der Waals surface area contributed by atoms with Crippen LogP contribution in [0.3, 0.4) is 0 Å². The van der Waals surface area contributed by atoms with Gasteiger partial charge < -0.3 is 14.6 Å². The molecule has 0 spiro atoms. The van der Waals surface area contributed by atoms with E-state index in [1.165, 1.54) is 5.56 Å². The van der Waals surface area contributed by atoms with E-state index in [9.17, 15) is 5.11 Å². The van der Waals surface area contributed by atoms with Crippen LogP contribution in [0.5, 0.6) is 5.75 Å². The third kappa shape index (κ3) is 5.20. The Morgan fingerprint density at radius 3 is 2.35 bits per heavy atom. The highest BCUT2D eigenvalue weighted by Crippen LogP contribution is 2.14. The zero-order chi connectivity index (χ0) is 12.7. The van der Waals surface area contributed by atoms with Crippen molar-refractivity contribution in [1.29, 1.82) is 0 Å². The van der Waals surface area contributed by atoms with Gasteiger partial charge in [0, 0.05) is 7.11 Å². The van der Waals surface area contributed by atoms with Gasteiger partial charge in [0.15, 0.2) is 0 Å². The van der Waals surface area contributed by atoms with E-state index in [4.69, 9.17) is 9.47 Å². The molecule has 0 heterocycles. The second-order valence-electron chi connectivity index (χ2n) is 4.32. The number of aliphatic hydroxyl groups is 1. The molecule has 1 rings (SSSR count). The summed E-state index contributed by atoms with van der Waals surface area (Å²) < 4.78 is 10.2. The fraction of sp³-hybridized carbons (Fsp3) is 0.571. The summed E-state index contributed by atoms with van der Waals surface area (Å²) in [5.74, 6) is 0.863. The van der Waals surface area contributed by atoms with Gasteiger partial charge in [0.1, 0.15) is 5.75 Å². The summed E-state index contributed by atoms with van der Waals surface area (Å²) in [5, 5.41) is 9.81. The minimum Gasteiger partial charge on any atom is -0.497 e. The quantitative estimate of drug-likeness (QED) is 0.793. The van der Waals surface area contributed by atoms with E-state index in [-0.39, 0.29) is 12.2 Å². The monoisotopic (exact) mass is 238 g/mol. The fourth-order valence-electron chi connectivity index (χ4n) is 1.72. The Labute approximate surface area is 103 Å². The van der Waals surface area contributed by atoms with Crippen LogP contribution in [-0.4, -0.2) is 31.5 Å². The Kier molecular flexibility index (Phi) is 6.01. The molecule has 0 fully saturated rings. The van der Waals surface area contributed by atoms with Crippen molar-refractivity contribution in [3.05, 3.63) is 29.8 Å². The minimum atomic E-state index is -0.299. The molecule has 3 heteroatoms. The lowest BCUT2D eigenvalue weighted by atomic mass is 10.0. The first-order valence-electron chi connectivity index (χ1n) is 5.99. The number of hydrogen-bond acceptors (Lipinski definition) is 3. The Hall–Kier alpha value is -1.06. The van der Waals surface area contributed by atoms with Crippen LogP contribution in [0, 0.1) is 0 Å². The van der Waals surface area contributed by atoms with Crippen LogP contribution < -0.4 is 4.74 Å². The van der Waals surface area contributed by atoms with Crippen molar-refractivity contribution in [3.8, 4) is 5.75 Å². The van der Waals surface area contributed by atoms with E-state index in [2.05, 4.69) is 0 Å². The molecule has 0 saturated heterocycles. The van der Waals surface area contributed by atoms with E-state index in [1.807, 2.05) is 31.2 Å². The van der Waals surface area contributed by atoms with Crippen LogP contribution >= 0.6 is 0 Å². The van der Waals surface area contributed by atoms with Crippen molar-refractivity contribution in [2.24, 2.45) is 0 Å². The highest BCUT2D eigenvalue weighted by molar-refractivity contribution is 5.27. The van der Waals surface area contributed by atoms with E-state index >= 15 is 0 Å². The number of ether oxygens (including phenoxy) is 2. The van der Waals surface area contributed by atoms with Gasteiger partial charge in [-0.25, -0.2) is 0 Å². The summed E-state index contributed by atoms with van der Waals surface area (Å²) in [6.07, 6.45) is 2.14. The van der Waals surface area contributed by atoms with E-state index in [0.717, 1.165) is 18.6 Å². The molecule has 0 aliphatic rings.